The van der Waals surface area contributed by atoms with Crippen LogP contribution in [0.2, 0.25) is 0 Å². The zero-order valence-electron chi connectivity index (χ0n) is 9.80. The molecule has 0 saturated carbocycles. The molecule has 0 radical (unpaired) electrons. The van der Waals surface area contributed by atoms with Crippen molar-refractivity contribution in [2.24, 2.45) is 0 Å². The molecule has 0 aliphatic rings. The number of ether oxygens (including phenoxy) is 2. The standard InChI is InChI=1S/C10H24N2O2/c1-5-11-6-9(2)12-7-10(14-4)8-13-3/h9-12H,5-8H2,1-4H3. The minimum Gasteiger partial charge on any atom is -0.382 e. The molecule has 0 saturated heterocycles. The molecule has 0 aromatic rings. The van der Waals surface area contributed by atoms with E-state index >= 15 is 0 Å². The Kier molecular flexibility index (Phi) is 9.29. The molecule has 0 heterocycles. The van der Waals surface area contributed by atoms with Crippen LogP contribution in [-0.2, 0) is 9.47 Å². The lowest BCUT2D eigenvalue weighted by molar-refractivity contribution is 0.0277. The van der Waals surface area contributed by atoms with Gasteiger partial charge in [0.25, 0.3) is 0 Å². The lowest BCUT2D eigenvalue weighted by atomic mass is 10.3. The highest BCUT2D eigenvalue weighted by molar-refractivity contribution is 4.67. The SMILES string of the molecule is CCNCC(C)NCC(COC)OC. The second-order valence-electron chi connectivity index (χ2n) is 3.43. The second-order valence-corrected chi connectivity index (χ2v) is 3.43. The van der Waals surface area contributed by atoms with E-state index in [4.69, 9.17) is 9.47 Å². The smallest absolute Gasteiger partial charge is 0.0928 e. The zero-order valence-corrected chi connectivity index (χ0v) is 9.80. The van der Waals surface area contributed by atoms with E-state index in [-0.39, 0.29) is 6.10 Å². The van der Waals surface area contributed by atoms with Crippen LogP contribution < -0.4 is 10.6 Å². The Bertz CT molecular complexity index is 123. The summed E-state index contributed by atoms with van der Waals surface area (Å²) in [6, 6.07) is 0.462. The van der Waals surface area contributed by atoms with Crippen LogP contribution in [0.25, 0.3) is 0 Å². The minimum atomic E-state index is 0.143. The first-order chi connectivity index (χ1) is 6.74. The van der Waals surface area contributed by atoms with Gasteiger partial charge in [-0.05, 0) is 13.5 Å². The van der Waals surface area contributed by atoms with Crippen LogP contribution in [0.1, 0.15) is 13.8 Å². The van der Waals surface area contributed by atoms with Crippen molar-refractivity contribution in [1.29, 1.82) is 0 Å². The molecule has 0 amide bonds. The Balaban J connectivity index is 3.46. The summed E-state index contributed by atoms with van der Waals surface area (Å²) in [5, 5.41) is 6.67. The van der Waals surface area contributed by atoms with E-state index in [9.17, 15) is 0 Å². The number of methoxy groups -OCH3 is 2. The monoisotopic (exact) mass is 204 g/mol. The van der Waals surface area contributed by atoms with Crippen LogP contribution >= 0.6 is 0 Å². The summed E-state index contributed by atoms with van der Waals surface area (Å²) in [4.78, 5) is 0. The predicted octanol–water partition coefficient (Wildman–Crippen LogP) is 0.235. The summed E-state index contributed by atoms with van der Waals surface area (Å²) < 4.78 is 10.3. The number of rotatable bonds is 9. The van der Waals surface area contributed by atoms with Gasteiger partial charge in [-0.2, -0.15) is 0 Å². The average molecular weight is 204 g/mol. The molecule has 2 N–H and O–H groups in total. The molecule has 0 aliphatic carbocycles. The molecular formula is C10H24N2O2. The largest absolute Gasteiger partial charge is 0.382 e. The molecule has 0 bridgehead atoms. The second kappa shape index (κ2) is 9.40. The molecule has 4 nitrogen and oxygen atoms in total. The number of likely N-dealkylation sites (N-methyl/N-ethyl adjacent to an activating group) is 1. The van der Waals surface area contributed by atoms with Crippen molar-refractivity contribution in [1.82, 2.24) is 10.6 Å². The van der Waals surface area contributed by atoms with Gasteiger partial charge < -0.3 is 20.1 Å². The van der Waals surface area contributed by atoms with Gasteiger partial charge in [-0.15, -0.1) is 0 Å². The van der Waals surface area contributed by atoms with Gasteiger partial charge >= 0.3 is 0 Å². The van der Waals surface area contributed by atoms with Crippen LogP contribution in [0.3, 0.4) is 0 Å². The van der Waals surface area contributed by atoms with Gasteiger partial charge in [-0.1, -0.05) is 6.92 Å². The summed E-state index contributed by atoms with van der Waals surface area (Å²) in [5.74, 6) is 0. The molecule has 14 heavy (non-hydrogen) atoms. The van der Waals surface area contributed by atoms with E-state index in [2.05, 4.69) is 24.5 Å². The fraction of sp³-hybridized carbons (Fsp3) is 1.00. The average Bonchev–Trinajstić information content (AvgIpc) is 2.21. The van der Waals surface area contributed by atoms with Crippen molar-refractivity contribution >= 4 is 0 Å². The molecule has 0 aliphatic heterocycles. The molecule has 0 fully saturated rings. The molecule has 0 aromatic carbocycles. The van der Waals surface area contributed by atoms with Crippen LogP contribution in [0.15, 0.2) is 0 Å². The van der Waals surface area contributed by atoms with Gasteiger partial charge in [0, 0.05) is 33.4 Å². The van der Waals surface area contributed by atoms with E-state index in [1.807, 2.05) is 0 Å². The van der Waals surface area contributed by atoms with Crippen molar-refractivity contribution in [3.05, 3.63) is 0 Å². The lowest BCUT2D eigenvalue weighted by Crippen LogP contribution is -2.41. The molecular weight excluding hydrogens is 180 g/mol. The zero-order chi connectivity index (χ0) is 10.8. The van der Waals surface area contributed by atoms with Gasteiger partial charge in [-0.25, -0.2) is 0 Å². The van der Waals surface area contributed by atoms with Crippen molar-refractivity contribution < 1.29 is 9.47 Å². The van der Waals surface area contributed by atoms with Gasteiger partial charge in [-0.3, -0.25) is 0 Å². The normalized spacial score (nSPS) is 15.4. The molecule has 2 unspecified atom stereocenters. The van der Waals surface area contributed by atoms with Crippen LogP contribution in [0.4, 0.5) is 0 Å². The summed E-state index contributed by atoms with van der Waals surface area (Å²) >= 11 is 0. The van der Waals surface area contributed by atoms with Gasteiger partial charge in [0.2, 0.25) is 0 Å². The van der Waals surface area contributed by atoms with Gasteiger partial charge in [0.05, 0.1) is 12.7 Å². The Hall–Kier alpha value is -0.160. The molecule has 86 valence electrons. The summed E-state index contributed by atoms with van der Waals surface area (Å²) in [6.07, 6.45) is 0.143. The maximum absolute atomic E-state index is 5.24. The topological polar surface area (TPSA) is 42.5 Å². The third kappa shape index (κ3) is 7.26. The van der Waals surface area contributed by atoms with E-state index in [1.165, 1.54) is 0 Å². The Labute approximate surface area is 87.4 Å². The highest BCUT2D eigenvalue weighted by Gasteiger charge is 2.08. The summed E-state index contributed by atoms with van der Waals surface area (Å²) in [6.45, 7) is 7.73. The molecule has 4 heteroatoms. The Morgan fingerprint density at radius 2 is 1.93 bits per heavy atom. The molecule has 2 atom stereocenters. The van der Waals surface area contributed by atoms with Crippen molar-refractivity contribution in [3.8, 4) is 0 Å². The Morgan fingerprint density at radius 1 is 1.21 bits per heavy atom. The van der Waals surface area contributed by atoms with Gasteiger partial charge in [0.15, 0.2) is 0 Å². The number of nitrogens with one attached hydrogen (secondary N) is 2. The van der Waals surface area contributed by atoms with Gasteiger partial charge in [0.1, 0.15) is 0 Å². The molecule has 0 aromatic heterocycles. The molecule has 0 spiro atoms. The quantitative estimate of drug-likeness (QED) is 0.564. The fourth-order valence-electron chi connectivity index (χ4n) is 1.16. The number of hydrogen-bond acceptors (Lipinski definition) is 4. The minimum absolute atomic E-state index is 0.143. The fourth-order valence-corrected chi connectivity index (χ4v) is 1.16. The summed E-state index contributed by atoms with van der Waals surface area (Å²) in [7, 11) is 3.40. The maximum atomic E-state index is 5.24. The first kappa shape index (κ1) is 13.8. The third-order valence-electron chi connectivity index (χ3n) is 2.08. The van der Waals surface area contributed by atoms with Crippen LogP contribution in [0.5, 0.6) is 0 Å². The summed E-state index contributed by atoms with van der Waals surface area (Å²) in [5.41, 5.74) is 0. The van der Waals surface area contributed by atoms with E-state index in [1.54, 1.807) is 14.2 Å². The highest BCUT2D eigenvalue weighted by atomic mass is 16.5. The highest BCUT2D eigenvalue weighted by Crippen LogP contribution is 1.90. The van der Waals surface area contributed by atoms with Crippen molar-refractivity contribution in [2.75, 3.05) is 40.5 Å². The van der Waals surface area contributed by atoms with Crippen LogP contribution in [0, 0.1) is 0 Å². The first-order valence-electron chi connectivity index (χ1n) is 5.20. The van der Waals surface area contributed by atoms with Crippen molar-refractivity contribution in [3.63, 3.8) is 0 Å². The van der Waals surface area contributed by atoms with E-state index in [0.717, 1.165) is 19.6 Å². The first-order valence-corrected chi connectivity index (χ1v) is 5.20. The lowest BCUT2D eigenvalue weighted by Gasteiger charge is -2.19. The maximum Gasteiger partial charge on any atom is 0.0928 e. The van der Waals surface area contributed by atoms with Crippen LogP contribution in [-0.4, -0.2) is 52.6 Å². The van der Waals surface area contributed by atoms with E-state index < -0.39 is 0 Å². The third-order valence-corrected chi connectivity index (χ3v) is 2.08. The predicted molar refractivity (Wildman–Crippen MR) is 58.7 cm³/mol. The Morgan fingerprint density at radius 3 is 2.43 bits per heavy atom. The number of hydrogen-bond donors (Lipinski definition) is 2. The van der Waals surface area contributed by atoms with E-state index in [0.29, 0.717) is 12.6 Å². The molecule has 0 rings (SSSR count). The van der Waals surface area contributed by atoms with Crippen molar-refractivity contribution in [2.45, 2.75) is 26.0 Å².